The number of carbonyl (C=O) groups excluding carboxylic acids is 2. The van der Waals surface area contributed by atoms with E-state index in [1.54, 1.807) is 25.2 Å². The molecule has 5 rings (SSSR count). The molecule has 198 valence electrons. The molecule has 1 amide bonds. The highest BCUT2D eigenvalue weighted by Gasteiger charge is 2.25. The van der Waals surface area contributed by atoms with E-state index in [1.807, 2.05) is 31.2 Å². The van der Waals surface area contributed by atoms with Gasteiger partial charge in [0, 0.05) is 32.1 Å². The van der Waals surface area contributed by atoms with Crippen molar-refractivity contribution >= 4 is 17.4 Å². The van der Waals surface area contributed by atoms with Gasteiger partial charge in [0.25, 0.3) is 5.91 Å². The fraction of sp³-hybridized carbons (Fsp3) is 0.387. The summed E-state index contributed by atoms with van der Waals surface area (Å²) in [6, 6.07) is 21.3. The molecule has 2 fully saturated rings. The summed E-state index contributed by atoms with van der Waals surface area (Å²) in [6.45, 7) is 4.65. The van der Waals surface area contributed by atoms with Crippen molar-refractivity contribution in [1.29, 1.82) is 0 Å². The maximum Gasteiger partial charge on any atom is 0.269 e. The lowest BCUT2D eigenvalue weighted by atomic mass is 9.94. The smallest absolute Gasteiger partial charge is 0.269 e. The Labute approximate surface area is 224 Å². The molecule has 38 heavy (non-hydrogen) atoms. The lowest BCUT2D eigenvalue weighted by molar-refractivity contribution is 0.0957. The van der Waals surface area contributed by atoms with Gasteiger partial charge in [0.1, 0.15) is 29.0 Å². The minimum Gasteiger partial charge on any atom is -0.493 e. The SMILES string of the molecule is CNC(=O)c1cccc(C(=O)C[C@@H](C)c2ccc(O[C@@H]3CCN(c4ccc(OCC5CC5)cc4)C3)cc2)n1. The van der Waals surface area contributed by atoms with E-state index >= 15 is 0 Å². The van der Waals surface area contributed by atoms with Crippen molar-refractivity contribution in [3.05, 3.63) is 83.7 Å². The summed E-state index contributed by atoms with van der Waals surface area (Å²) in [5, 5.41) is 2.53. The van der Waals surface area contributed by atoms with Crippen LogP contribution in [0.2, 0.25) is 0 Å². The van der Waals surface area contributed by atoms with E-state index in [0.29, 0.717) is 12.1 Å². The third-order valence-electron chi connectivity index (χ3n) is 7.27. The van der Waals surface area contributed by atoms with E-state index in [-0.39, 0.29) is 29.4 Å². The number of hydrogen-bond donors (Lipinski definition) is 1. The third kappa shape index (κ3) is 6.52. The summed E-state index contributed by atoms with van der Waals surface area (Å²) < 4.78 is 12.1. The largest absolute Gasteiger partial charge is 0.493 e. The lowest BCUT2D eigenvalue weighted by Crippen LogP contribution is -2.24. The van der Waals surface area contributed by atoms with Crippen LogP contribution in [0.4, 0.5) is 5.69 Å². The minimum absolute atomic E-state index is 0.0141. The standard InChI is InChI=1S/C31H35N3O4/c1-21(18-30(35)28-4-3-5-29(33-28)31(36)32-2)23-8-12-26(13-9-23)38-27-16-17-34(19-27)24-10-14-25(15-11-24)37-20-22-6-7-22/h3-5,8-15,21-22,27H,6-7,16-20H2,1-2H3,(H,32,36)/t21-,27-/m1/s1. The molecule has 1 N–H and O–H groups in total. The van der Waals surface area contributed by atoms with Crippen molar-refractivity contribution in [2.45, 2.75) is 44.6 Å². The van der Waals surface area contributed by atoms with Crippen molar-refractivity contribution in [3.8, 4) is 11.5 Å². The average Bonchev–Trinajstić information content (AvgIpc) is 3.68. The van der Waals surface area contributed by atoms with Crippen molar-refractivity contribution in [2.24, 2.45) is 5.92 Å². The zero-order valence-electron chi connectivity index (χ0n) is 22.1. The number of nitrogens with one attached hydrogen (secondary N) is 1. The summed E-state index contributed by atoms with van der Waals surface area (Å²) in [4.78, 5) is 31.2. The first-order valence-corrected chi connectivity index (χ1v) is 13.4. The molecule has 1 saturated carbocycles. The molecule has 0 unspecified atom stereocenters. The van der Waals surface area contributed by atoms with Gasteiger partial charge in [0.05, 0.1) is 13.2 Å². The maximum atomic E-state index is 12.8. The van der Waals surface area contributed by atoms with Gasteiger partial charge in [-0.25, -0.2) is 4.98 Å². The zero-order chi connectivity index (χ0) is 26.5. The molecule has 7 heteroatoms. The number of anilines is 1. The first-order valence-electron chi connectivity index (χ1n) is 13.4. The molecule has 1 aliphatic carbocycles. The molecule has 3 aromatic rings. The van der Waals surface area contributed by atoms with Crippen LogP contribution in [0, 0.1) is 5.92 Å². The molecule has 2 aromatic carbocycles. The number of rotatable bonds is 11. The van der Waals surface area contributed by atoms with Gasteiger partial charge >= 0.3 is 0 Å². The van der Waals surface area contributed by atoms with Gasteiger partial charge < -0.3 is 19.7 Å². The minimum atomic E-state index is -0.305. The van der Waals surface area contributed by atoms with Gasteiger partial charge in [-0.1, -0.05) is 25.1 Å². The first kappa shape index (κ1) is 25.8. The Morgan fingerprint density at radius 2 is 1.68 bits per heavy atom. The van der Waals surface area contributed by atoms with Crippen molar-refractivity contribution in [3.63, 3.8) is 0 Å². The van der Waals surface area contributed by atoms with Crippen LogP contribution < -0.4 is 19.7 Å². The van der Waals surface area contributed by atoms with Crippen molar-refractivity contribution < 1.29 is 19.1 Å². The van der Waals surface area contributed by atoms with Gasteiger partial charge in [0.2, 0.25) is 0 Å². The van der Waals surface area contributed by atoms with Crippen molar-refractivity contribution in [2.75, 3.05) is 31.6 Å². The molecule has 7 nitrogen and oxygen atoms in total. The summed E-state index contributed by atoms with van der Waals surface area (Å²) in [5.41, 5.74) is 2.81. The molecule has 2 heterocycles. The number of nitrogens with zero attached hydrogens (tertiary/aromatic N) is 2. The highest BCUT2D eigenvalue weighted by molar-refractivity contribution is 5.97. The molecule has 2 aliphatic rings. The van der Waals surface area contributed by atoms with Crippen LogP contribution in [-0.4, -0.2) is 49.5 Å². The number of ether oxygens (including phenoxy) is 2. The number of benzene rings is 2. The Bertz CT molecular complexity index is 1250. The van der Waals surface area contributed by atoms with Gasteiger partial charge in [-0.2, -0.15) is 0 Å². The third-order valence-corrected chi connectivity index (χ3v) is 7.27. The molecule has 2 atom stereocenters. The number of carbonyl (C=O) groups is 2. The van der Waals surface area contributed by atoms with E-state index in [4.69, 9.17) is 9.47 Å². The molecule has 0 radical (unpaired) electrons. The molecule has 0 spiro atoms. The topological polar surface area (TPSA) is 80.8 Å². The van der Waals surface area contributed by atoms with Crippen LogP contribution in [0.25, 0.3) is 0 Å². The van der Waals surface area contributed by atoms with Crippen LogP contribution in [0.5, 0.6) is 11.5 Å². The number of amides is 1. The lowest BCUT2D eigenvalue weighted by Gasteiger charge is -2.20. The molecular weight excluding hydrogens is 478 g/mol. The average molecular weight is 514 g/mol. The fourth-order valence-corrected chi connectivity index (χ4v) is 4.72. The summed E-state index contributed by atoms with van der Waals surface area (Å²) in [6.07, 6.45) is 4.00. The maximum absolute atomic E-state index is 12.8. The van der Waals surface area contributed by atoms with Crippen LogP contribution >= 0.6 is 0 Å². The van der Waals surface area contributed by atoms with Crippen LogP contribution in [-0.2, 0) is 0 Å². The van der Waals surface area contributed by atoms with E-state index in [9.17, 15) is 9.59 Å². The normalized spacial score (nSPS) is 17.6. The highest BCUT2D eigenvalue weighted by Crippen LogP contribution is 2.31. The van der Waals surface area contributed by atoms with E-state index in [2.05, 4.69) is 39.5 Å². The van der Waals surface area contributed by atoms with Crippen LogP contribution in [0.1, 0.15) is 65.1 Å². The zero-order valence-corrected chi connectivity index (χ0v) is 22.1. The van der Waals surface area contributed by atoms with Crippen LogP contribution in [0.15, 0.2) is 66.7 Å². The number of pyridine rings is 1. The quantitative estimate of drug-likeness (QED) is 0.352. The van der Waals surface area contributed by atoms with Gasteiger partial charge in [-0.3, -0.25) is 9.59 Å². The second-order valence-corrected chi connectivity index (χ2v) is 10.3. The second kappa shape index (κ2) is 11.7. The van der Waals surface area contributed by atoms with Gasteiger partial charge in [-0.05, 0) is 78.8 Å². The predicted molar refractivity (Wildman–Crippen MR) is 147 cm³/mol. The van der Waals surface area contributed by atoms with Gasteiger partial charge in [0.15, 0.2) is 5.78 Å². The second-order valence-electron chi connectivity index (χ2n) is 10.3. The molecular formula is C31H35N3O4. The number of Topliss-reactive ketones (excluding diaryl/α,β-unsaturated/α-hetero) is 1. The molecule has 0 bridgehead atoms. The summed E-state index contributed by atoms with van der Waals surface area (Å²) >= 11 is 0. The molecule has 1 aromatic heterocycles. The predicted octanol–water partition coefficient (Wildman–Crippen LogP) is 5.26. The van der Waals surface area contributed by atoms with Crippen molar-refractivity contribution in [1.82, 2.24) is 10.3 Å². The summed E-state index contributed by atoms with van der Waals surface area (Å²) in [5.74, 6) is 2.15. The van der Waals surface area contributed by atoms with E-state index in [0.717, 1.165) is 49.1 Å². The van der Waals surface area contributed by atoms with E-state index in [1.165, 1.54) is 18.5 Å². The molecule has 1 saturated heterocycles. The number of aromatic nitrogens is 1. The van der Waals surface area contributed by atoms with E-state index < -0.39 is 0 Å². The Balaban J connectivity index is 1.11. The molecule has 1 aliphatic heterocycles. The highest BCUT2D eigenvalue weighted by atomic mass is 16.5. The van der Waals surface area contributed by atoms with Gasteiger partial charge in [-0.15, -0.1) is 0 Å². The number of ketones is 1. The number of hydrogen-bond acceptors (Lipinski definition) is 6. The summed E-state index contributed by atoms with van der Waals surface area (Å²) in [7, 11) is 1.54. The monoisotopic (exact) mass is 513 g/mol. The fourth-order valence-electron chi connectivity index (χ4n) is 4.72. The van der Waals surface area contributed by atoms with Crippen LogP contribution in [0.3, 0.4) is 0 Å². The Kier molecular flexibility index (Phi) is 7.91. The first-order chi connectivity index (χ1) is 18.5. The Hall–Kier alpha value is -3.87. The Morgan fingerprint density at radius 1 is 0.974 bits per heavy atom. The Morgan fingerprint density at radius 3 is 2.39 bits per heavy atom.